The third-order valence-electron chi connectivity index (χ3n) is 5.66. The van der Waals surface area contributed by atoms with Crippen LogP contribution in [0.3, 0.4) is 0 Å². The third-order valence-corrected chi connectivity index (χ3v) is 7.23. The number of para-hydroxylation sites is 1. The minimum absolute atomic E-state index is 0.0434. The van der Waals surface area contributed by atoms with Crippen molar-refractivity contribution in [3.05, 3.63) is 62.9 Å². The van der Waals surface area contributed by atoms with Gasteiger partial charge in [0.2, 0.25) is 5.91 Å². The molecule has 0 spiro atoms. The van der Waals surface area contributed by atoms with Gasteiger partial charge in [0.1, 0.15) is 0 Å². The number of thioether (sulfide) groups is 1. The fraction of sp³-hybridized carbons (Fsp3) is 0.348. The van der Waals surface area contributed by atoms with Gasteiger partial charge in [0.05, 0.1) is 26.9 Å². The summed E-state index contributed by atoms with van der Waals surface area (Å²) in [6.45, 7) is 8.13. The van der Waals surface area contributed by atoms with E-state index in [0.29, 0.717) is 44.9 Å². The topological polar surface area (TPSA) is 58.4 Å². The minimum Gasteiger partial charge on any atom is -0.339 e. The standard InChI is InChI=1S/C23H24Cl2N4O2S/c1-3-27-10-12-28(13-11-27)21(30)15(2)32-23-26-19-7-5-4-6-17(19)22(31)29(23)20-9-8-16(24)14-18(20)25/h4-9,14-15H,3,10-13H2,1-2H3. The van der Waals surface area contributed by atoms with Crippen molar-refractivity contribution in [2.24, 2.45) is 0 Å². The molecule has 1 aliphatic heterocycles. The average molecular weight is 491 g/mol. The number of carbonyl (C=O) groups excluding carboxylic acids is 1. The molecule has 0 bridgehead atoms. The maximum Gasteiger partial charge on any atom is 0.266 e. The summed E-state index contributed by atoms with van der Waals surface area (Å²) >= 11 is 13.8. The summed E-state index contributed by atoms with van der Waals surface area (Å²) in [5.41, 5.74) is 0.828. The van der Waals surface area contributed by atoms with Crippen LogP contribution in [0.5, 0.6) is 0 Å². The molecule has 1 atom stereocenters. The van der Waals surface area contributed by atoms with Gasteiger partial charge >= 0.3 is 0 Å². The van der Waals surface area contributed by atoms with E-state index in [2.05, 4.69) is 11.8 Å². The van der Waals surface area contributed by atoms with Gasteiger partial charge in [-0.1, -0.05) is 54.0 Å². The quantitative estimate of drug-likeness (QED) is 0.393. The first-order valence-corrected chi connectivity index (χ1v) is 12.2. The molecule has 1 aliphatic rings. The predicted octanol–water partition coefficient (Wildman–Crippen LogP) is 4.34. The van der Waals surface area contributed by atoms with E-state index in [1.54, 1.807) is 36.4 Å². The number of piperazine rings is 1. The zero-order chi connectivity index (χ0) is 22.8. The Labute approximate surface area is 201 Å². The van der Waals surface area contributed by atoms with Crippen LogP contribution in [0.2, 0.25) is 10.0 Å². The number of halogens is 2. The molecule has 0 radical (unpaired) electrons. The normalized spacial score (nSPS) is 15.8. The summed E-state index contributed by atoms with van der Waals surface area (Å²) in [7, 11) is 0. The molecule has 4 rings (SSSR count). The van der Waals surface area contributed by atoms with Crippen LogP contribution in [0.15, 0.2) is 52.4 Å². The van der Waals surface area contributed by atoms with Crippen molar-refractivity contribution in [3.8, 4) is 5.69 Å². The van der Waals surface area contributed by atoms with Crippen molar-refractivity contribution in [2.45, 2.75) is 24.3 Å². The van der Waals surface area contributed by atoms with Crippen LogP contribution in [0.25, 0.3) is 16.6 Å². The van der Waals surface area contributed by atoms with E-state index in [0.717, 1.165) is 19.6 Å². The van der Waals surface area contributed by atoms with Crippen molar-refractivity contribution >= 4 is 51.8 Å². The lowest BCUT2D eigenvalue weighted by Crippen LogP contribution is -2.50. The van der Waals surface area contributed by atoms with Gasteiger partial charge in [-0.05, 0) is 43.8 Å². The largest absolute Gasteiger partial charge is 0.339 e. The van der Waals surface area contributed by atoms with Gasteiger partial charge in [-0.15, -0.1) is 0 Å². The fourth-order valence-corrected chi connectivity index (χ4v) is 5.31. The van der Waals surface area contributed by atoms with E-state index in [-0.39, 0.29) is 11.5 Å². The van der Waals surface area contributed by atoms with Crippen molar-refractivity contribution in [1.29, 1.82) is 0 Å². The Hall–Kier alpha value is -2.06. The van der Waals surface area contributed by atoms with Crippen molar-refractivity contribution in [1.82, 2.24) is 19.4 Å². The van der Waals surface area contributed by atoms with E-state index in [4.69, 9.17) is 28.2 Å². The van der Waals surface area contributed by atoms with Gasteiger partial charge in [0.25, 0.3) is 5.56 Å². The molecule has 1 aromatic heterocycles. The summed E-state index contributed by atoms with van der Waals surface area (Å²) in [4.78, 5) is 35.5. The van der Waals surface area contributed by atoms with E-state index < -0.39 is 5.25 Å². The highest BCUT2D eigenvalue weighted by molar-refractivity contribution is 8.00. The summed E-state index contributed by atoms with van der Waals surface area (Å²) in [5.74, 6) is 0.0434. The first kappa shape index (κ1) is 23.1. The van der Waals surface area contributed by atoms with Crippen LogP contribution in [-0.4, -0.2) is 63.2 Å². The number of hydrogen-bond donors (Lipinski definition) is 0. The zero-order valence-electron chi connectivity index (χ0n) is 17.9. The Morgan fingerprint density at radius 3 is 2.53 bits per heavy atom. The maximum atomic E-state index is 13.4. The van der Waals surface area contributed by atoms with E-state index in [1.807, 2.05) is 17.9 Å². The predicted molar refractivity (Wildman–Crippen MR) is 131 cm³/mol. The SMILES string of the molecule is CCN1CCN(C(=O)C(C)Sc2nc3ccccc3c(=O)n2-c2ccc(Cl)cc2Cl)CC1. The molecule has 168 valence electrons. The molecule has 1 amide bonds. The molecule has 1 fully saturated rings. The van der Waals surface area contributed by atoms with Crippen molar-refractivity contribution < 1.29 is 4.79 Å². The van der Waals surface area contributed by atoms with Gasteiger partial charge in [0, 0.05) is 31.2 Å². The van der Waals surface area contributed by atoms with Gasteiger partial charge in [0.15, 0.2) is 5.16 Å². The van der Waals surface area contributed by atoms with Gasteiger partial charge < -0.3 is 9.80 Å². The highest BCUT2D eigenvalue weighted by atomic mass is 35.5. The number of fused-ring (bicyclic) bond motifs is 1. The Kier molecular flexibility index (Phi) is 7.10. The molecule has 0 saturated carbocycles. The van der Waals surface area contributed by atoms with Crippen LogP contribution < -0.4 is 5.56 Å². The number of amides is 1. The monoisotopic (exact) mass is 490 g/mol. The Bertz CT molecular complexity index is 1210. The van der Waals surface area contributed by atoms with Gasteiger partial charge in [-0.3, -0.25) is 14.2 Å². The van der Waals surface area contributed by atoms with E-state index in [9.17, 15) is 9.59 Å². The Balaban J connectivity index is 1.71. The average Bonchev–Trinajstić information content (AvgIpc) is 2.80. The maximum absolute atomic E-state index is 13.4. The number of likely N-dealkylation sites (N-methyl/N-ethyl adjacent to an activating group) is 1. The molecule has 0 aliphatic carbocycles. The first-order valence-electron chi connectivity index (χ1n) is 10.5. The Morgan fingerprint density at radius 2 is 1.84 bits per heavy atom. The highest BCUT2D eigenvalue weighted by Gasteiger charge is 2.27. The highest BCUT2D eigenvalue weighted by Crippen LogP contribution is 2.30. The van der Waals surface area contributed by atoms with E-state index in [1.165, 1.54) is 16.3 Å². The second-order valence-electron chi connectivity index (χ2n) is 7.67. The van der Waals surface area contributed by atoms with Crippen LogP contribution in [0.4, 0.5) is 0 Å². The van der Waals surface area contributed by atoms with E-state index >= 15 is 0 Å². The van der Waals surface area contributed by atoms with Crippen molar-refractivity contribution in [2.75, 3.05) is 32.7 Å². The molecule has 9 heteroatoms. The van der Waals surface area contributed by atoms with Gasteiger partial charge in [-0.25, -0.2) is 4.98 Å². The third kappa shape index (κ3) is 4.66. The summed E-state index contributed by atoms with van der Waals surface area (Å²) in [6, 6.07) is 12.1. The lowest BCUT2D eigenvalue weighted by Gasteiger charge is -2.35. The fourth-order valence-electron chi connectivity index (χ4n) is 3.82. The number of nitrogens with zero attached hydrogens (tertiary/aromatic N) is 4. The molecule has 6 nitrogen and oxygen atoms in total. The Morgan fingerprint density at radius 1 is 1.12 bits per heavy atom. The van der Waals surface area contributed by atoms with Crippen LogP contribution in [0.1, 0.15) is 13.8 Å². The smallest absolute Gasteiger partial charge is 0.266 e. The second-order valence-corrected chi connectivity index (χ2v) is 9.82. The molecule has 0 N–H and O–H groups in total. The lowest BCUT2D eigenvalue weighted by molar-refractivity contribution is -0.132. The molecular weight excluding hydrogens is 467 g/mol. The molecule has 2 aromatic carbocycles. The minimum atomic E-state index is -0.409. The number of benzene rings is 2. The second kappa shape index (κ2) is 9.83. The van der Waals surface area contributed by atoms with Gasteiger partial charge in [-0.2, -0.15) is 0 Å². The molecule has 1 unspecified atom stereocenters. The van der Waals surface area contributed by atoms with Crippen LogP contribution in [0, 0.1) is 0 Å². The first-order chi connectivity index (χ1) is 15.4. The summed E-state index contributed by atoms with van der Waals surface area (Å²) < 4.78 is 1.48. The molecular formula is C23H24Cl2N4O2S. The summed E-state index contributed by atoms with van der Waals surface area (Å²) in [5, 5.41) is 1.31. The number of hydrogen-bond acceptors (Lipinski definition) is 5. The molecule has 1 saturated heterocycles. The summed E-state index contributed by atoms with van der Waals surface area (Å²) in [6.07, 6.45) is 0. The van der Waals surface area contributed by atoms with Crippen molar-refractivity contribution in [3.63, 3.8) is 0 Å². The molecule has 32 heavy (non-hydrogen) atoms. The number of aromatic nitrogens is 2. The lowest BCUT2D eigenvalue weighted by atomic mass is 10.2. The number of rotatable bonds is 5. The van der Waals surface area contributed by atoms with Crippen LogP contribution >= 0.6 is 35.0 Å². The molecule has 2 heterocycles. The number of carbonyl (C=O) groups is 1. The zero-order valence-corrected chi connectivity index (χ0v) is 20.3. The molecule has 3 aromatic rings. The van der Waals surface area contributed by atoms with Crippen LogP contribution in [-0.2, 0) is 4.79 Å².